The Bertz CT molecular complexity index is 955. The molecule has 9 nitrogen and oxygen atoms in total. The first-order chi connectivity index (χ1) is 16.6. The SMILES string of the molecule is C=CC(=O)OCCOCCOc1cc(OC)c(OCCOCCOC(=O)C=C)c2ccccc12. The highest BCUT2D eigenvalue weighted by Crippen LogP contribution is 2.41. The maximum Gasteiger partial charge on any atom is 0.330 e. The van der Waals surface area contributed by atoms with Gasteiger partial charge < -0.3 is 33.2 Å². The second kappa shape index (κ2) is 15.3. The number of hydrogen-bond acceptors (Lipinski definition) is 9. The minimum Gasteiger partial charge on any atom is -0.493 e. The molecule has 2 rings (SSSR count). The summed E-state index contributed by atoms with van der Waals surface area (Å²) in [6, 6.07) is 9.41. The molecule has 0 spiro atoms. The first-order valence-corrected chi connectivity index (χ1v) is 10.7. The molecule has 184 valence electrons. The number of rotatable bonds is 17. The van der Waals surface area contributed by atoms with Crippen LogP contribution in [0.25, 0.3) is 10.8 Å². The van der Waals surface area contributed by atoms with Crippen LogP contribution in [-0.4, -0.2) is 71.9 Å². The Morgan fingerprint density at radius 2 is 1.26 bits per heavy atom. The summed E-state index contributed by atoms with van der Waals surface area (Å²) in [6.45, 7) is 8.68. The van der Waals surface area contributed by atoms with Gasteiger partial charge in [-0.1, -0.05) is 37.4 Å². The predicted molar refractivity (Wildman–Crippen MR) is 125 cm³/mol. The van der Waals surface area contributed by atoms with E-state index in [4.69, 9.17) is 33.2 Å². The van der Waals surface area contributed by atoms with E-state index < -0.39 is 11.9 Å². The van der Waals surface area contributed by atoms with Gasteiger partial charge in [0, 0.05) is 29.0 Å². The van der Waals surface area contributed by atoms with Gasteiger partial charge in [-0.2, -0.15) is 0 Å². The molecular formula is C25H30O9. The molecule has 0 unspecified atom stereocenters. The molecule has 0 atom stereocenters. The maximum atomic E-state index is 11.0. The lowest BCUT2D eigenvalue weighted by Gasteiger charge is -2.17. The summed E-state index contributed by atoms with van der Waals surface area (Å²) >= 11 is 0. The molecule has 34 heavy (non-hydrogen) atoms. The lowest BCUT2D eigenvalue weighted by molar-refractivity contribution is -0.140. The van der Waals surface area contributed by atoms with Gasteiger partial charge in [-0.15, -0.1) is 0 Å². The lowest BCUT2D eigenvalue weighted by atomic mass is 10.1. The van der Waals surface area contributed by atoms with Crippen molar-refractivity contribution in [1.82, 2.24) is 0 Å². The van der Waals surface area contributed by atoms with Gasteiger partial charge in [0.1, 0.15) is 32.2 Å². The highest BCUT2D eigenvalue weighted by Gasteiger charge is 2.15. The minimum atomic E-state index is -0.487. The lowest BCUT2D eigenvalue weighted by Crippen LogP contribution is -2.13. The van der Waals surface area contributed by atoms with Crippen LogP contribution in [-0.2, 0) is 28.5 Å². The number of esters is 2. The molecule has 0 saturated heterocycles. The highest BCUT2D eigenvalue weighted by atomic mass is 16.6. The quantitative estimate of drug-likeness (QED) is 0.195. The molecule has 0 radical (unpaired) electrons. The Hall–Kier alpha value is -3.56. The molecule has 9 heteroatoms. The third-order valence-corrected chi connectivity index (χ3v) is 4.38. The number of methoxy groups -OCH3 is 1. The van der Waals surface area contributed by atoms with Gasteiger partial charge in [-0.05, 0) is 0 Å². The van der Waals surface area contributed by atoms with Crippen LogP contribution >= 0.6 is 0 Å². The summed E-state index contributed by atoms with van der Waals surface area (Å²) in [4.78, 5) is 22.0. The van der Waals surface area contributed by atoms with E-state index in [1.165, 1.54) is 0 Å². The standard InChI is InChI=1S/C25H30O9/c1-4-23(26)32-15-11-29-10-14-31-21-18-22(28-3)25(20-9-7-6-8-19(20)21)34-17-13-30-12-16-33-24(27)5-2/h4-9,18H,1-2,10-17H2,3H3. The minimum absolute atomic E-state index is 0.146. The van der Waals surface area contributed by atoms with E-state index in [2.05, 4.69) is 13.2 Å². The Morgan fingerprint density at radius 1 is 0.735 bits per heavy atom. The molecule has 2 aromatic carbocycles. The first-order valence-electron chi connectivity index (χ1n) is 10.7. The van der Waals surface area contributed by atoms with Crippen LogP contribution in [0, 0.1) is 0 Å². The van der Waals surface area contributed by atoms with Crippen molar-refractivity contribution >= 4 is 22.7 Å². The van der Waals surface area contributed by atoms with Crippen molar-refractivity contribution in [2.75, 3.05) is 60.0 Å². The predicted octanol–water partition coefficient (Wildman–Crippen LogP) is 3.10. The second-order valence-electron chi connectivity index (χ2n) is 6.62. The Balaban J connectivity index is 1.89. The van der Waals surface area contributed by atoms with Gasteiger partial charge >= 0.3 is 11.9 Å². The van der Waals surface area contributed by atoms with Gasteiger partial charge in [-0.3, -0.25) is 0 Å². The van der Waals surface area contributed by atoms with Gasteiger partial charge in [-0.25, -0.2) is 9.59 Å². The molecule has 0 amide bonds. The van der Waals surface area contributed by atoms with Crippen molar-refractivity contribution in [2.45, 2.75) is 0 Å². The van der Waals surface area contributed by atoms with Crippen LogP contribution in [0.15, 0.2) is 55.6 Å². The van der Waals surface area contributed by atoms with Crippen LogP contribution < -0.4 is 14.2 Å². The summed E-state index contributed by atoms with van der Waals surface area (Å²) < 4.78 is 37.9. The average Bonchev–Trinajstić information content (AvgIpc) is 2.87. The summed E-state index contributed by atoms with van der Waals surface area (Å²) in [5.74, 6) is 0.750. The van der Waals surface area contributed by atoms with Crippen molar-refractivity contribution < 1.29 is 42.7 Å². The van der Waals surface area contributed by atoms with E-state index in [1.54, 1.807) is 13.2 Å². The third-order valence-electron chi connectivity index (χ3n) is 4.38. The summed E-state index contributed by atoms with van der Waals surface area (Å²) in [6.07, 6.45) is 2.21. The fraction of sp³-hybridized carbons (Fsp3) is 0.360. The zero-order valence-electron chi connectivity index (χ0n) is 19.3. The van der Waals surface area contributed by atoms with Crippen molar-refractivity contribution in [2.24, 2.45) is 0 Å². The van der Waals surface area contributed by atoms with Gasteiger partial charge in [0.25, 0.3) is 0 Å². The van der Waals surface area contributed by atoms with Crippen LogP contribution in [0.3, 0.4) is 0 Å². The topological polar surface area (TPSA) is 98.8 Å². The normalized spacial score (nSPS) is 10.4. The van der Waals surface area contributed by atoms with Crippen molar-refractivity contribution in [1.29, 1.82) is 0 Å². The van der Waals surface area contributed by atoms with E-state index in [1.807, 2.05) is 24.3 Å². The fourth-order valence-corrected chi connectivity index (χ4v) is 2.85. The van der Waals surface area contributed by atoms with E-state index in [0.29, 0.717) is 37.1 Å². The maximum absolute atomic E-state index is 11.0. The zero-order chi connectivity index (χ0) is 24.6. The molecular weight excluding hydrogens is 444 g/mol. The number of benzene rings is 2. The number of hydrogen-bond donors (Lipinski definition) is 0. The smallest absolute Gasteiger partial charge is 0.330 e. The molecule has 2 aromatic rings. The summed E-state index contributed by atoms with van der Waals surface area (Å²) in [5.41, 5.74) is 0. The number of fused-ring (bicyclic) bond motifs is 1. The zero-order valence-corrected chi connectivity index (χ0v) is 19.3. The largest absolute Gasteiger partial charge is 0.493 e. The van der Waals surface area contributed by atoms with E-state index >= 15 is 0 Å². The molecule has 0 N–H and O–H groups in total. The highest BCUT2D eigenvalue weighted by molar-refractivity contribution is 5.95. The molecule has 0 bridgehead atoms. The van der Waals surface area contributed by atoms with E-state index in [9.17, 15) is 9.59 Å². The summed E-state index contributed by atoms with van der Waals surface area (Å²) in [7, 11) is 1.55. The molecule has 0 heterocycles. The van der Waals surface area contributed by atoms with E-state index in [0.717, 1.165) is 22.9 Å². The number of ether oxygens (including phenoxy) is 7. The number of carbonyl (C=O) groups excluding carboxylic acids is 2. The molecule has 0 aliphatic carbocycles. The third kappa shape index (κ3) is 8.76. The van der Waals surface area contributed by atoms with Crippen molar-refractivity contribution in [3.63, 3.8) is 0 Å². The molecule has 0 aliphatic heterocycles. The molecule has 0 aromatic heterocycles. The fourth-order valence-electron chi connectivity index (χ4n) is 2.85. The van der Waals surface area contributed by atoms with Gasteiger partial charge in [0.05, 0.1) is 33.5 Å². The van der Waals surface area contributed by atoms with Crippen LogP contribution in [0.1, 0.15) is 0 Å². The van der Waals surface area contributed by atoms with Gasteiger partial charge in [0.2, 0.25) is 0 Å². The van der Waals surface area contributed by atoms with Crippen molar-refractivity contribution in [3.8, 4) is 17.2 Å². The number of carbonyl (C=O) groups is 2. The summed E-state index contributed by atoms with van der Waals surface area (Å²) in [5, 5.41) is 1.68. The Kier molecular flexibility index (Phi) is 12.0. The average molecular weight is 475 g/mol. The second-order valence-corrected chi connectivity index (χ2v) is 6.62. The van der Waals surface area contributed by atoms with Crippen LogP contribution in [0.5, 0.6) is 17.2 Å². The van der Waals surface area contributed by atoms with Crippen LogP contribution in [0.4, 0.5) is 0 Å². The molecule has 0 saturated carbocycles. The first kappa shape index (κ1) is 26.7. The van der Waals surface area contributed by atoms with Gasteiger partial charge in [0.15, 0.2) is 11.5 Å². The Morgan fingerprint density at radius 3 is 1.82 bits per heavy atom. The van der Waals surface area contributed by atoms with E-state index in [-0.39, 0.29) is 33.0 Å². The molecule has 0 fully saturated rings. The monoisotopic (exact) mass is 474 g/mol. The van der Waals surface area contributed by atoms with Crippen molar-refractivity contribution in [3.05, 3.63) is 55.6 Å². The molecule has 0 aliphatic rings. The Labute approximate surface area is 198 Å². The van der Waals surface area contributed by atoms with Crippen LogP contribution in [0.2, 0.25) is 0 Å².